The summed E-state index contributed by atoms with van der Waals surface area (Å²) < 4.78 is 14.0. The van der Waals surface area contributed by atoms with Crippen LogP contribution in [0.4, 0.5) is 10.1 Å². The SMILES string of the molecule is CC(C)(C)NCCNc1cc(Br)nc(-c2cncc(F)c2)c1. The van der Waals surface area contributed by atoms with Gasteiger partial charge in [0.05, 0.1) is 11.9 Å². The van der Waals surface area contributed by atoms with Crippen LogP contribution in [0.5, 0.6) is 0 Å². The predicted molar refractivity (Wildman–Crippen MR) is 91.4 cm³/mol. The average molecular weight is 367 g/mol. The maximum Gasteiger partial charge on any atom is 0.142 e. The molecular formula is C16H20BrFN4. The molecule has 0 radical (unpaired) electrons. The molecule has 2 aromatic rings. The summed E-state index contributed by atoms with van der Waals surface area (Å²) in [5.41, 5.74) is 2.35. The normalized spacial score (nSPS) is 11.5. The topological polar surface area (TPSA) is 49.8 Å². The summed E-state index contributed by atoms with van der Waals surface area (Å²) in [7, 11) is 0. The van der Waals surface area contributed by atoms with Crippen LogP contribution in [0.3, 0.4) is 0 Å². The van der Waals surface area contributed by atoms with Gasteiger partial charge in [-0.1, -0.05) is 0 Å². The molecule has 0 unspecified atom stereocenters. The van der Waals surface area contributed by atoms with Crippen LogP contribution in [0.15, 0.2) is 35.2 Å². The van der Waals surface area contributed by atoms with E-state index in [0.717, 1.165) is 18.8 Å². The van der Waals surface area contributed by atoms with Gasteiger partial charge in [-0.25, -0.2) is 9.37 Å². The van der Waals surface area contributed by atoms with E-state index in [1.54, 1.807) is 6.20 Å². The predicted octanol–water partition coefficient (Wildman–Crippen LogP) is 3.85. The van der Waals surface area contributed by atoms with Crippen LogP contribution in [-0.4, -0.2) is 28.6 Å². The number of pyridine rings is 2. The van der Waals surface area contributed by atoms with Gasteiger partial charge in [-0.05, 0) is 54.9 Å². The number of rotatable bonds is 5. The van der Waals surface area contributed by atoms with Gasteiger partial charge in [0, 0.05) is 36.1 Å². The van der Waals surface area contributed by atoms with E-state index >= 15 is 0 Å². The third-order valence-corrected chi connectivity index (χ3v) is 3.31. The zero-order valence-electron chi connectivity index (χ0n) is 13.0. The highest BCUT2D eigenvalue weighted by Crippen LogP contribution is 2.24. The molecule has 0 amide bonds. The van der Waals surface area contributed by atoms with Crippen molar-refractivity contribution in [3.8, 4) is 11.3 Å². The lowest BCUT2D eigenvalue weighted by molar-refractivity contribution is 0.435. The third-order valence-electron chi connectivity index (χ3n) is 2.90. The van der Waals surface area contributed by atoms with Crippen molar-refractivity contribution in [2.45, 2.75) is 26.3 Å². The second-order valence-electron chi connectivity index (χ2n) is 6.06. The highest BCUT2D eigenvalue weighted by Gasteiger charge is 2.08. The van der Waals surface area contributed by atoms with Crippen LogP contribution in [0, 0.1) is 5.82 Å². The number of halogens is 2. The number of hydrogen-bond acceptors (Lipinski definition) is 4. The molecule has 0 bridgehead atoms. The fourth-order valence-corrected chi connectivity index (χ4v) is 2.38. The lowest BCUT2D eigenvalue weighted by Crippen LogP contribution is -2.38. The van der Waals surface area contributed by atoms with Crippen LogP contribution in [-0.2, 0) is 0 Å². The van der Waals surface area contributed by atoms with Crippen LogP contribution in [0.2, 0.25) is 0 Å². The molecule has 2 aromatic heterocycles. The molecule has 2 rings (SSSR count). The van der Waals surface area contributed by atoms with Crippen LogP contribution < -0.4 is 10.6 Å². The van der Waals surface area contributed by atoms with Crippen molar-refractivity contribution in [1.29, 1.82) is 0 Å². The minimum atomic E-state index is -0.372. The molecule has 118 valence electrons. The first-order valence-electron chi connectivity index (χ1n) is 7.11. The van der Waals surface area contributed by atoms with Crippen LogP contribution in [0.1, 0.15) is 20.8 Å². The molecular weight excluding hydrogens is 347 g/mol. The van der Waals surface area contributed by atoms with Gasteiger partial charge < -0.3 is 10.6 Å². The molecule has 6 heteroatoms. The smallest absolute Gasteiger partial charge is 0.142 e. The molecule has 0 saturated heterocycles. The molecule has 0 aliphatic carbocycles. The Hall–Kier alpha value is -1.53. The monoisotopic (exact) mass is 366 g/mol. The standard InChI is InChI=1S/C16H20BrFN4/c1-16(2,3)21-5-4-20-13-7-14(22-15(17)8-13)11-6-12(18)10-19-9-11/h6-10,21H,4-5H2,1-3H3,(H,20,22). The van der Waals surface area contributed by atoms with Crippen molar-refractivity contribution in [2.75, 3.05) is 18.4 Å². The Bertz CT molecular complexity index is 640. The molecule has 2 heterocycles. The molecule has 0 aliphatic heterocycles. The van der Waals surface area contributed by atoms with Gasteiger partial charge in [0.25, 0.3) is 0 Å². The Balaban J connectivity index is 2.07. The van der Waals surface area contributed by atoms with Gasteiger partial charge in [0.15, 0.2) is 0 Å². The van der Waals surface area contributed by atoms with E-state index < -0.39 is 0 Å². The molecule has 0 atom stereocenters. The summed E-state index contributed by atoms with van der Waals surface area (Å²) >= 11 is 3.39. The molecule has 0 spiro atoms. The second-order valence-corrected chi connectivity index (χ2v) is 6.87. The first-order chi connectivity index (χ1) is 10.3. The van der Waals surface area contributed by atoms with E-state index in [2.05, 4.69) is 57.3 Å². The number of nitrogens with one attached hydrogen (secondary N) is 2. The molecule has 0 aromatic carbocycles. The molecule has 4 nitrogen and oxygen atoms in total. The first kappa shape index (κ1) is 16.8. The van der Waals surface area contributed by atoms with E-state index in [0.29, 0.717) is 15.9 Å². The summed E-state index contributed by atoms with van der Waals surface area (Å²) in [5.74, 6) is -0.372. The molecule has 0 aliphatic rings. The fourth-order valence-electron chi connectivity index (χ4n) is 1.94. The van der Waals surface area contributed by atoms with E-state index in [1.807, 2.05) is 12.1 Å². The zero-order valence-corrected chi connectivity index (χ0v) is 14.5. The molecule has 22 heavy (non-hydrogen) atoms. The van der Waals surface area contributed by atoms with Gasteiger partial charge in [0.2, 0.25) is 0 Å². The van der Waals surface area contributed by atoms with Crippen molar-refractivity contribution in [2.24, 2.45) is 0 Å². The summed E-state index contributed by atoms with van der Waals surface area (Å²) in [6, 6.07) is 5.21. The van der Waals surface area contributed by atoms with Gasteiger partial charge >= 0.3 is 0 Å². The second kappa shape index (κ2) is 7.15. The Morgan fingerprint density at radius 2 is 1.91 bits per heavy atom. The van der Waals surface area contributed by atoms with Crippen LogP contribution in [0.25, 0.3) is 11.3 Å². The minimum Gasteiger partial charge on any atom is -0.384 e. The first-order valence-corrected chi connectivity index (χ1v) is 7.90. The quantitative estimate of drug-likeness (QED) is 0.623. The Kier molecular flexibility index (Phi) is 5.47. The fraction of sp³-hybridized carbons (Fsp3) is 0.375. The van der Waals surface area contributed by atoms with E-state index in [4.69, 9.17) is 0 Å². The van der Waals surface area contributed by atoms with Gasteiger partial charge in [0.1, 0.15) is 10.4 Å². The van der Waals surface area contributed by atoms with Gasteiger partial charge in [-0.2, -0.15) is 0 Å². The van der Waals surface area contributed by atoms with E-state index in [9.17, 15) is 4.39 Å². The maximum absolute atomic E-state index is 13.3. The molecule has 2 N–H and O–H groups in total. The van der Waals surface area contributed by atoms with Gasteiger partial charge in [-0.3, -0.25) is 4.98 Å². The third kappa shape index (κ3) is 5.35. The maximum atomic E-state index is 13.3. The summed E-state index contributed by atoms with van der Waals surface area (Å²) in [6.07, 6.45) is 2.78. The highest BCUT2D eigenvalue weighted by molar-refractivity contribution is 9.10. The van der Waals surface area contributed by atoms with E-state index in [-0.39, 0.29) is 11.4 Å². The van der Waals surface area contributed by atoms with Crippen molar-refractivity contribution in [1.82, 2.24) is 15.3 Å². The zero-order chi connectivity index (χ0) is 16.2. The van der Waals surface area contributed by atoms with Crippen molar-refractivity contribution in [3.05, 3.63) is 41.0 Å². The van der Waals surface area contributed by atoms with Gasteiger partial charge in [-0.15, -0.1) is 0 Å². The molecule has 0 fully saturated rings. The number of anilines is 1. The van der Waals surface area contributed by atoms with Crippen molar-refractivity contribution in [3.63, 3.8) is 0 Å². The Labute approximate surface area is 138 Å². The van der Waals surface area contributed by atoms with Crippen molar-refractivity contribution >= 4 is 21.6 Å². The molecule has 0 saturated carbocycles. The van der Waals surface area contributed by atoms with E-state index in [1.165, 1.54) is 12.3 Å². The number of aromatic nitrogens is 2. The van der Waals surface area contributed by atoms with Crippen LogP contribution >= 0.6 is 15.9 Å². The van der Waals surface area contributed by atoms with Crippen molar-refractivity contribution < 1.29 is 4.39 Å². The summed E-state index contributed by atoms with van der Waals surface area (Å²) in [5, 5.41) is 6.75. The number of hydrogen-bond donors (Lipinski definition) is 2. The largest absolute Gasteiger partial charge is 0.384 e. The number of nitrogens with zero attached hydrogens (tertiary/aromatic N) is 2. The lowest BCUT2D eigenvalue weighted by Gasteiger charge is -2.20. The Morgan fingerprint density at radius 3 is 2.59 bits per heavy atom. The minimum absolute atomic E-state index is 0.0961. The lowest BCUT2D eigenvalue weighted by atomic mass is 10.1. The summed E-state index contributed by atoms with van der Waals surface area (Å²) in [6.45, 7) is 8.02. The Morgan fingerprint density at radius 1 is 1.14 bits per heavy atom. The summed E-state index contributed by atoms with van der Waals surface area (Å²) in [4.78, 5) is 8.23. The average Bonchev–Trinajstić information content (AvgIpc) is 2.42. The highest BCUT2D eigenvalue weighted by atomic mass is 79.9.